The van der Waals surface area contributed by atoms with Gasteiger partial charge in [0.15, 0.2) is 0 Å². The number of hydrogen-bond acceptors (Lipinski definition) is 5. The first-order valence-electron chi connectivity index (χ1n) is 9.27. The second-order valence-corrected chi connectivity index (χ2v) is 6.71. The van der Waals surface area contributed by atoms with Crippen molar-refractivity contribution in [1.29, 1.82) is 0 Å². The molecular weight excluding hydrogens is 358 g/mol. The summed E-state index contributed by atoms with van der Waals surface area (Å²) in [4.78, 5) is 13.5. The molecule has 3 aromatic rings. The van der Waals surface area contributed by atoms with E-state index in [1.165, 1.54) is 0 Å². The molecule has 0 atom stereocenters. The molecule has 7 nitrogen and oxygen atoms in total. The van der Waals surface area contributed by atoms with E-state index < -0.39 is 0 Å². The zero-order valence-electron chi connectivity index (χ0n) is 16.1. The van der Waals surface area contributed by atoms with Crippen molar-refractivity contribution in [2.24, 2.45) is 0 Å². The second kappa shape index (κ2) is 7.90. The third-order valence-electron chi connectivity index (χ3n) is 4.84. The third-order valence-corrected chi connectivity index (χ3v) is 4.84. The number of amides is 1. The first kappa shape index (κ1) is 18.3. The maximum absolute atomic E-state index is 11.7. The van der Waals surface area contributed by atoms with Crippen LogP contribution in [0, 0.1) is 6.92 Å². The van der Waals surface area contributed by atoms with Crippen LogP contribution < -0.4 is 9.47 Å². The van der Waals surface area contributed by atoms with Crippen LogP contribution in [-0.4, -0.2) is 60.6 Å². The summed E-state index contributed by atoms with van der Waals surface area (Å²) in [5.74, 6) is 1.37. The first-order chi connectivity index (χ1) is 13.6. The largest absolute Gasteiger partial charge is 0.497 e. The van der Waals surface area contributed by atoms with Crippen molar-refractivity contribution >= 4 is 16.7 Å². The molecule has 1 fully saturated rings. The van der Waals surface area contributed by atoms with Crippen molar-refractivity contribution in [3.63, 3.8) is 0 Å². The van der Waals surface area contributed by atoms with E-state index in [0.29, 0.717) is 32.2 Å². The molecule has 1 aromatic heterocycles. The average molecular weight is 381 g/mol. The molecule has 1 aliphatic heterocycles. The van der Waals surface area contributed by atoms with E-state index in [0.717, 1.165) is 27.9 Å². The highest BCUT2D eigenvalue weighted by molar-refractivity contribution is 5.85. The van der Waals surface area contributed by atoms with E-state index in [2.05, 4.69) is 17.2 Å². The van der Waals surface area contributed by atoms with Crippen LogP contribution in [-0.2, 0) is 9.53 Å². The predicted molar refractivity (Wildman–Crippen MR) is 105 cm³/mol. The molecule has 1 amide bonds. The van der Waals surface area contributed by atoms with Crippen molar-refractivity contribution in [2.45, 2.75) is 6.92 Å². The minimum atomic E-state index is 0.00292. The van der Waals surface area contributed by atoms with Crippen LogP contribution in [0.1, 0.15) is 5.69 Å². The number of methoxy groups -OCH3 is 1. The normalized spacial score (nSPS) is 14.5. The minimum absolute atomic E-state index is 0.00292. The summed E-state index contributed by atoms with van der Waals surface area (Å²) in [6, 6.07) is 14.1. The molecular formula is C21H23N3O4. The summed E-state index contributed by atoms with van der Waals surface area (Å²) in [7, 11) is 1.66. The smallest absolute Gasteiger partial charge is 0.248 e. The van der Waals surface area contributed by atoms with Crippen molar-refractivity contribution in [3.05, 3.63) is 48.2 Å². The fraction of sp³-hybridized carbons (Fsp3) is 0.333. The van der Waals surface area contributed by atoms with E-state index >= 15 is 0 Å². The number of fused-ring (bicyclic) bond motifs is 1. The van der Waals surface area contributed by atoms with Crippen LogP contribution in [0.25, 0.3) is 16.5 Å². The Hall–Kier alpha value is -3.06. The number of carbonyl (C=O) groups is 1. The molecule has 0 spiro atoms. The van der Waals surface area contributed by atoms with Gasteiger partial charge in [-0.05, 0) is 42.0 Å². The van der Waals surface area contributed by atoms with Gasteiger partial charge in [-0.25, -0.2) is 4.68 Å². The number of nitrogens with zero attached hydrogens (tertiary/aromatic N) is 3. The van der Waals surface area contributed by atoms with E-state index in [9.17, 15) is 4.79 Å². The summed E-state index contributed by atoms with van der Waals surface area (Å²) in [5, 5.41) is 6.79. The Morgan fingerprint density at radius 1 is 1.14 bits per heavy atom. The minimum Gasteiger partial charge on any atom is -0.497 e. The zero-order chi connectivity index (χ0) is 19.5. The monoisotopic (exact) mass is 381 g/mol. The SMILES string of the molecule is COc1ccc2ccc(-n3nc(OCCN4CCOCC4=O)cc3C)cc2c1. The number of ether oxygens (including phenoxy) is 3. The number of carbonyl (C=O) groups excluding carboxylic acids is 1. The molecule has 7 heteroatoms. The van der Waals surface area contributed by atoms with Gasteiger partial charge in [0.25, 0.3) is 0 Å². The number of aryl methyl sites for hydroxylation is 1. The van der Waals surface area contributed by atoms with Crippen molar-refractivity contribution in [2.75, 3.05) is 40.0 Å². The zero-order valence-corrected chi connectivity index (χ0v) is 16.1. The number of morpholine rings is 1. The Balaban J connectivity index is 1.48. The van der Waals surface area contributed by atoms with Gasteiger partial charge < -0.3 is 19.1 Å². The molecule has 28 heavy (non-hydrogen) atoms. The summed E-state index contributed by atoms with van der Waals surface area (Å²) in [6.45, 7) is 4.25. The summed E-state index contributed by atoms with van der Waals surface area (Å²) >= 11 is 0. The van der Waals surface area contributed by atoms with Gasteiger partial charge in [-0.3, -0.25) is 4.79 Å². The maximum Gasteiger partial charge on any atom is 0.248 e. The van der Waals surface area contributed by atoms with Gasteiger partial charge in [0, 0.05) is 18.3 Å². The lowest BCUT2D eigenvalue weighted by molar-refractivity contribution is -0.143. The van der Waals surface area contributed by atoms with Gasteiger partial charge in [0.05, 0.1) is 25.9 Å². The fourth-order valence-corrected chi connectivity index (χ4v) is 3.30. The van der Waals surface area contributed by atoms with Gasteiger partial charge in [-0.2, -0.15) is 0 Å². The summed E-state index contributed by atoms with van der Waals surface area (Å²) in [6.07, 6.45) is 0. The first-order valence-corrected chi connectivity index (χ1v) is 9.27. The van der Waals surface area contributed by atoms with E-state index in [1.807, 2.05) is 41.9 Å². The molecule has 0 bridgehead atoms. The fourth-order valence-electron chi connectivity index (χ4n) is 3.30. The van der Waals surface area contributed by atoms with E-state index in [1.54, 1.807) is 12.0 Å². The highest BCUT2D eigenvalue weighted by Gasteiger charge is 2.18. The quantitative estimate of drug-likeness (QED) is 0.657. The van der Waals surface area contributed by atoms with E-state index in [-0.39, 0.29) is 12.5 Å². The van der Waals surface area contributed by atoms with Crippen LogP contribution in [0.5, 0.6) is 11.6 Å². The average Bonchev–Trinajstić information content (AvgIpc) is 3.09. The Bertz CT molecular complexity index is 998. The topological polar surface area (TPSA) is 65.8 Å². The van der Waals surface area contributed by atoms with Crippen LogP contribution in [0.3, 0.4) is 0 Å². The van der Waals surface area contributed by atoms with Crippen molar-refractivity contribution in [1.82, 2.24) is 14.7 Å². The van der Waals surface area contributed by atoms with Crippen LogP contribution in [0.2, 0.25) is 0 Å². The van der Waals surface area contributed by atoms with Gasteiger partial charge in [-0.1, -0.05) is 12.1 Å². The second-order valence-electron chi connectivity index (χ2n) is 6.71. The predicted octanol–water partition coefficient (Wildman–Crippen LogP) is 2.58. The molecule has 0 N–H and O–H groups in total. The molecule has 4 rings (SSSR count). The lowest BCUT2D eigenvalue weighted by Gasteiger charge is -2.26. The number of rotatable bonds is 6. The molecule has 0 saturated carbocycles. The number of hydrogen-bond donors (Lipinski definition) is 0. The number of aromatic nitrogens is 2. The highest BCUT2D eigenvalue weighted by Crippen LogP contribution is 2.25. The third kappa shape index (κ3) is 3.80. The molecule has 2 aromatic carbocycles. The van der Waals surface area contributed by atoms with Crippen LogP contribution in [0.4, 0.5) is 0 Å². The molecule has 146 valence electrons. The maximum atomic E-state index is 11.7. The van der Waals surface area contributed by atoms with Gasteiger partial charge in [0.2, 0.25) is 11.8 Å². The highest BCUT2D eigenvalue weighted by atomic mass is 16.5. The summed E-state index contributed by atoms with van der Waals surface area (Å²) in [5.41, 5.74) is 1.93. The lowest BCUT2D eigenvalue weighted by atomic mass is 10.1. The molecule has 0 aliphatic carbocycles. The van der Waals surface area contributed by atoms with Gasteiger partial charge in [0.1, 0.15) is 19.0 Å². The standard InChI is InChI=1S/C21H23N3O4/c1-15-11-20(28-10-8-23-7-9-27-14-21(23)25)22-24(15)18-5-3-16-4-6-19(26-2)13-17(16)12-18/h3-6,11-13H,7-10,14H2,1-2H3. The number of benzene rings is 2. The van der Waals surface area contributed by atoms with Crippen molar-refractivity contribution < 1.29 is 19.0 Å². The molecule has 0 unspecified atom stereocenters. The van der Waals surface area contributed by atoms with Crippen molar-refractivity contribution in [3.8, 4) is 17.3 Å². The molecule has 2 heterocycles. The Labute approximate surface area is 163 Å². The van der Waals surface area contributed by atoms with E-state index in [4.69, 9.17) is 14.2 Å². The van der Waals surface area contributed by atoms with Gasteiger partial charge >= 0.3 is 0 Å². The Kier molecular flexibility index (Phi) is 5.16. The summed E-state index contributed by atoms with van der Waals surface area (Å²) < 4.78 is 18.1. The Morgan fingerprint density at radius 2 is 2.00 bits per heavy atom. The molecule has 0 radical (unpaired) electrons. The lowest BCUT2D eigenvalue weighted by Crippen LogP contribution is -2.43. The van der Waals surface area contributed by atoms with Crippen LogP contribution >= 0.6 is 0 Å². The Morgan fingerprint density at radius 3 is 2.82 bits per heavy atom. The van der Waals surface area contributed by atoms with Crippen LogP contribution in [0.15, 0.2) is 42.5 Å². The van der Waals surface area contributed by atoms with Gasteiger partial charge in [-0.15, -0.1) is 5.10 Å². The molecule has 1 saturated heterocycles. The molecule has 1 aliphatic rings.